The van der Waals surface area contributed by atoms with Crippen molar-refractivity contribution >= 4 is 43.8 Å². The van der Waals surface area contributed by atoms with Crippen molar-refractivity contribution in [1.82, 2.24) is 4.57 Å². The molecule has 23 heavy (non-hydrogen) atoms. The van der Waals surface area contributed by atoms with Gasteiger partial charge >= 0.3 is 0 Å². The summed E-state index contributed by atoms with van der Waals surface area (Å²) in [7, 11) is 0. The minimum absolute atomic E-state index is 0.439. The Labute approximate surface area is 142 Å². The number of rotatable bonds is 5. The van der Waals surface area contributed by atoms with E-state index in [2.05, 4.69) is 51.7 Å². The average Bonchev–Trinajstić information content (AvgIpc) is 2.83. The largest absolute Gasteiger partial charge is 0.340 e. The fourth-order valence-corrected chi connectivity index (χ4v) is 3.26. The van der Waals surface area contributed by atoms with Gasteiger partial charge in [0, 0.05) is 38.9 Å². The molecule has 0 amide bonds. The van der Waals surface area contributed by atoms with Gasteiger partial charge in [-0.25, -0.2) is 0 Å². The summed E-state index contributed by atoms with van der Waals surface area (Å²) in [5, 5.41) is 12.8. The van der Waals surface area contributed by atoms with Gasteiger partial charge in [0.2, 0.25) is 6.20 Å². The molecule has 0 aliphatic heterocycles. The van der Waals surface area contributed by atoms with E-state index in [0.717, 1.165) is 41.0 Å². The fraction of sp³-hybridized carbons (Fsp3) is 0.222. The van der Waals surface area contributed by atoms with Crippen LogP contribution >= 0.6 is 15.9 Å². The van der Waals surface area contributed by atoms with Crippen LogP contribution in [-0.4, -0.2) is 9.49 Å². The quantitative estimate of drug-likeness (QED) is 0.431. The monoisotopic (exact) mass is 372 g/mol. The highest BCUT2D eigenvalue weighted by Gasteiger charge is 2.11. The van der Waals surface area contributed by atoms with Gasteiger partial charge in [-0.15, -0.1) is 0 Å². The number of halogens is 1. The Kier molecular flexibility index (Phi) is 4.48. The summed E-state index contributed by atoms with van der Waals surface area (Å²) >= 11 is 3.54. The van der Waals surface area contributed by atoms with Crippen molar-refractivity contribution in [2.75, 3.05) is 0 Å². The zero-order valence-corrected chi connectivity index (χ0v) is 14.4. The number of hydrogen-bond acceptors (Lipinski definition) is 2. The maximum Gasteiger partial charge on any atom is 0.235 e. The fourth-order valence-electron chi connectivity index (χ4n) is 2.90. The second-order valence-electron chi connectivity index (χ2n) is 5.54. The molecule has 0 atom stereocenters. The maximum atomic E-state index is 10.5. The Balaban J connectivity index is 2.23. The highest BCUT2D eigenvalue weighted by atomic mass is 79.9. The maximum absolute atomic E-state index is 10.5. The van der Waals surface area contributed by atoms with E-state index in [4.69, 9.17) is 0 Å². The van der Waals surface area contributed by atoms with Crippen molar-refractivity contribution < 1.29 is 4.92 Å². The summed E-state index contributed by atoms with van der Waals surface area (Å²) in [6.45, 7) is 3.16. The molecular weight excluding hydrogens is 356 g/mol. The number of aryl methyl sites for hydroxylation is 1. The first kappa shape index (κ1) is 15.7. The predicted octanol–water partition coefficient (Wildman–Crippen LogP) is 5.60. The first-order chi connectivity index (χ1) is 11.1. The summed E-state index contributed by atoms with van der Waals surface area (Å²) in [5.74, 6) is 0. The Morgan fingerprint density at radius 3 is 2.57 bits per heavy atom. The van der Waals surface area contributed by atoms with Gasteiger partial charge in [-0.05, 0) is 42.3 Å². The number of hydrogen-bond donors (Lipinski definition) is 0. The van der Waals surface area contributed by atoms with E-state index in [9.17, 15) is 10.1 Å². The van der Waals surface area contributed by atoms with Crippen LogP contribution in [0.1, 0.15) is 25.3 Å². The number of nitrogens with zero attached hydrogens (tertiary/aromatic N) is 2. The lowest BCUT2D eigenvalue weighted by atomic mass is 10.1. The van der Waals surface area contributed by atoms with Gasteiger partial charge in [-0.1, -0.05) is 35.3 Å². The van der Waals surface area contributed by atoms with E-state index < -0.39 is 4.92 Å². The van der Waals surface area contributed by atoms with Crippen molar-refractivity contribution in [3.8, 4) is 0 Å². The molecule has 2 aromatic carbocycles. The van der Waals surface area contributed by atoms with Crippen LogP contribution in [0.25, 0.3) is 27.9 Å². The molecule has 0 saturated carbocycles. The molecule has 3 rings (SSSR count). The number of unbranched alkanes of at least 4 members (excludes halogenated alkanes) is 1. The summed E-state index contributed by atoms with van der Waals surface area (Å²) in [6.07, 6.45) is 4.78. The standard InChI is InChI=1S/C18H17BrN2O2/c1-2-3-9-20-17-6-4-13(8-10-21(22)23)11-15(17)16-12-14(19)5-7-18(16)20/h4-8,10-12H,2-3,9H2,1H3/b10-8+. The van der Waals surface area contributed by atoms with Crippen LogP contribution in [0.5, 0.6) is 0 Å². The molecule has 1 aromatic heterocycles. The van der Waals surface area contributed by atoms with E-state index in [-0.39, 0.29) is 0 Å². The second kappa shape index (κ2) is 6.54. The Bertz CT molecular complexity index is 912. The Morgan fingerprint density at radius 2 is 1.87 bits per heavy atom. The number of benzene rings is 2. The summed E-state index contributed by atoms with van der Waals surface area (Å²) < 4.78 is 3.37. The third-order valence-electron chi connectivity index (χ3n) is 3.97. The molecule has 0 fully saturated rings. The summed E-state index contributed by atoms with van der Waals surface area (Å²) in [5.41, 5.74) is 3.21. The Hall–Kier alpha value is -2.14. The first-order valence-electron chi connectivity index (χ1n) is 7.63. The zero-order chi connectivity index (χ0) is 16.4. The van der Waals surface area contributed by atoms with E-state index in [1.165, 1.54) is 22.5 Å². The molecule has 0 spiro atoms. The van der Waals surface area contributed by atoms with Crippen LogP contribution < -0.4 is 0 Å². The van der Waals surface area contributed by atoms with E-state index in [1.807, 2.05) is 12.1 Å². The summed E-state index contributed by atoms with van der Waals surface area (Å²) in [4.78, 5) is 10.1. The molecule has 0 N–H and O–H groups in total. The highest BCUT2D eigenvalue weighted by Crippen LogP contribution is 2.32. The molecule has 0 saturated heterocycles. The van der Waals surface area contributed by atoms with Crippen LogP contribution in [0.3, 0.4) is 0 Å². The van der Waals surface area contributed by atoms with Gasteiger partial charge in [-0.3, -0.25) is 10.1 Å². The summed E-state index contributed by atoms with van der Waals surface area (Å²) in [6, 6.07) is 12.3. The van der Waals surface area contributed by atoms with Gasteiger partial charge < -0.3 is 4.57 Å². The Morgan fingerprint density at radius 1 is 1.17 bits per heavy atom. The van der Waals surface area contributed by atoms with Gasteiger partial charge in [-0.2, -0.15) is 0 Å². The van der Waals surface area contributed by atoms with Crippen molar-refractivity contribution in [2.24, 2.45) is 0 Å². The van der Waals surface area contributed by atoms with Crippen LogP contribution in [-0.2, 0) is 6.54 Å². The van der Waals surface area contributed by atoms with Crippen molar-refractivity contribution in [3.63, 3.8) is 0 Å². The van der Waals surface area contributed by atoms with Gasteiger partial charge in [0.1, 0.15) is 0 Å². The SMILES string of the molecule is CCCCn1c2ccc(Br)cc2c2cc(/C=C/[N+](=O)[O-])ccc21. The topological polar surface area (TPSA) is 48.1 Å². The van der Waals surface area contributed by atoms with Gasteiger partial charge in [0.05, 0.1) is 4.92 Å². The van der Waals surface area contributed by atoms with Gasteiger partial charge in [0.25, 0.3) is 0 Å². The molecule has 1 heterocycles. The molecule has 0 aliphatic carbocycles. The molecule has 0 aliphatic rings. The molecule has 0 unspecified atom stereocenters. The van der Waals surface area contributed by atoms with Crippen molar-refractivity contribution in [1.29, 1.82) is 0 Å². The third kappa shape index (κ3) is 3.15. The van der Waals surface area contributed by atoms with Crippen LogP contribution in [0.15, 0.2) is 47.1 Å². The lowest BCUT2D eigenvalue weighted by molar-refractivity contribution is -0.400. The third-order valence-corrected chi connectivity index (χ3v) is 4.47. The zero-order valence-electron chi connectivity index (χ0n) is 12.8. The number of aromatic nitrogens is 1. The first-order valence-corrected chi connectivity index (χ1v) is 8.42. The van der Waals surface area contributed by atoms with Crippen LogP contribution in [0.2, 0.25) is 0 Å². The van der Waals surface area contributed by atoms with Crippen molar-refractivity contribution in [3.05, 3.63) is 62.7 Å². The molecule has 3 aromatic rings. The van der Waals surface area contributed by atoms with Crippen molar-refractivity contribution in [2.45, 2.75) is 26.3 Å². The molecular formula is C18H17BrN2O2. The molecule has 5 heteroatoms. The highest BCUT2D eigenvalue weighted by molar-refractivity contribution is 9.10. The smallest absolute Gasteiger partial charge is 0.235 e. The normalized spacial score (nSPS) is 11.7. The predicted molar refractivity (Wildman–Crippen MR) is 98.1 cm³/mol. The molecule has 0 bridgehead atoms. The number of nitro groups is 1. The van der Waals surface area contributed by atoms with Gasteiger partial charge in [0.15, 0.2) is 0 Å². The van der Waals surface area contributed by atoms with E-state index in [0.29, 0.717) is 0 Å². The molecule has 118 valence electrons. The minimum atomic E-state index is -0.439. The minimum Gasteiger partial charge on any atom is -0.340 e. The lowest BCUT2D eigenvalue weighted by Gasteiger charge is -2.06. The molecule has 4 nitrogen and oxygen atoms in total. The lowest BCUT2D eigenvalue weighted by Crippen LogP contribution is -1.96. The number of fused-ring (bicyclic) bond motifs is 3. The van der Waals surface area contributed by atoms with Crippen LogP contribution in [0, 0.1) is 10.1 Å². The second-order valence-corrected chi connectivity index (χ2v) is 6.46. The van der Waals surface area contributed by atoms with E-state index >= 15 is 0 Å². The van der Waals surface area contributed by atoms with E-state index in [1.54, 1.807) is 0 Å². The van der Waals surface area contributed by atoms with Crippen LogP contribution in [0.4, 0.5) is 0 Å². The molecule has 0 radical (unpaired) electrons. The average molecular weight is 373 g/mol.